The molecule has 1 heterocycles. The minimum Gasteiger partial charge on any atom is -0.378 e. The summed E-state index contributed by atoms with van der Waals surface area (Å²) in [5.41, 5.74) is 4.40. The number of carbonyl (C=O) groups is 1. The smallest absolute Gasteiger partial charge is 0.224 e. The van der Waals surface area contributed by atoms with Crippen molar-refractivity contribution in [3.05, 3.63) is 54.1 Å². The Morgan fingerprint density at radius 3 is 2.32 bits per heavy atom. The summed E-state index contributed by atoms with van der Waals surface area (Å²) < 4.78 is 0. The highest BCUT2D eigenvalue weighted by atomic mass is 16.1. The molecule has 0 spiro atoms. The van der Waals surface area contributed by atoms with Gasteiger partial charge in [-0.25, -0.2) is 0 Å². The maximum Gasteiger partial charge on any atom is 0.224 e. The van der Waals surface area contributed by atoms with Crippen LogP contribution in [0.2, 0.25) is 0 Å². The Hall–Kier alpha value is -2.53. The molecule has 1 amide bonds. The van der Waals surface area contributed by atoms with Crippen LogP contribution in [-0.2, 0) is 11.2 Å². The van der Waals surface area contributed by atoms with Crippen molar-refractivity contribution < 1.29 is 4.79 Å². The lowest BCUT2D eigenvalue weighted by atomic mass is 10.1. The van der Waals surface area contributed by atoms with Gasteiger partial charge in [0.1, 0.15) is 0 Å². The number of amides is 1. The fourth-order valence-electron chi connectivity index (χ4n) is 3.59. The Labute approximate surface area is 168 Å². The van der Waals surface area contributed by atoms with Crippen LogP contribution in [0.3, 0.4) is 0 Å². The van der Waals surface area contributed by atoms with Crippen LogP contribution in [0.1, 0.15) is 18.9 Å². The summed E-state index contributed by atoms with van der Waals surface area (Å²) in [6.45, 7) is 7.45. The van der Waals surface area contributed by atoms with Crippen LogP contribution >= 0.6 is 0 Å². The van der Waals surface area contributed by atoms with Gasteiger partial charge in [0.25, 0.3) is 0 Å². The Morgan fingerprint density at radius 2 is 1.68 bits per heavy atom. The maximum atomic E-state index is 12.5. The molecule has 5 heteroatoms. The molecule has 0 saturated carbocycles. The standard InChI is InChI=1S/C23H32N4O/c1-4-26-15-17-27(18-16-26)22-8-6-5-7-21(22)24-23(28)14-11-19-9-12-20(13-10-19)25(2)3/h5-10,12-13H,4,11,14-18H2,1-3H3,(H,24,28). The summed E-state index contributed by atoms with van der Waals surface area (Å²) in [4.78, 5) is 19.5. The summed E-state index contributed by atoms with van der Waals surface area (Å²) in [7, 11) is 4.06. The first-order chi connectivity index (χ1) is 13.6. The zero-order valence-corrected chi connectivity index (χ0v) is 17.3. The third kappa shape index (κ3) is 5.26. The predicted octanol–water partition coefficient (Wildman–Crippen LogP) is 3.47. The van der Waals surface area contributed by atoms with Gasteiger partial charge in [-0.3, -0.25) is 4.79 Å². The molecule has 5 nitrogen and oxygen atoms in total. The maximum absolute atomic E-state index is 12.5. The molecule has 0 bridgehead atoms. The van der Waals surface area contributed by atoms with Gasteiger partial charge in [-0.15, -0.1) is 0 Å². The average molecular weight is 381 g/mol. The summed E-state index contributed by atoms with van der Waals surface area (Å²) in [5, 5.41) is 3.13. The summed E-state index contributed by atoms with van der Waals surface area (Å²) in [6.07, 6.45) is 1.23. The number of nitrogens with zero attached hydrogens (tertiary/aromatic N) is 3. The monoisotopic (exact) mass is 380 g/mol. The first-order valence-electron chi connectivity index (χ1n) is 10.2. The Morgan fingerprint density at radius 1 is 1.00 bits per heavy atom. The van der Waals surface area contributed by atoms with Gasteiger partial charge in [-0.2, -0.15) is 0 Å². The zero-order chi connectivity index (χ0) is 19.9. The van der Waals surface area contributed by atoms with Crippen molar-refractivity contribution in [2.75, 3.05) is 61.9 Å². The first-order valence-corrected chi connectivity index (χ1v) is 10.2. The highest BCUT2D eigenvalue weighted by molar-refractivity contribution is 5.94. The van der Waals surface area contributed by atoms with Crippen LogP contribution in [0.4, 0.5) is 17.1 Å². The number of hydrogen-bond donors (Lipinski definition) is 1. The molecule has 0 unspecified atom stereocenters. The SMILES string of the molecule is CCN1CCN(c2ccccc2NC(=O)CCc2ccc(N(C)C)cc2)CC1. The lowest BCUT2D eigenvalue weighted by Gasteiger charge is -2.36. The van der Waals surface area contributed by atoms with Gasteiger partial charge in [-0.05, 0) is 42.8 Å². The van der Waals surface area contributed by atoms with Crippen molar-refractivity contribution in [1.29, 1.82) is 0 Å². The molecule has 150 valence electrons. The number of carbonyl (C=O) groups excluding carboxylic acids is 1. The van der Waals surface area contributed by atoms with E-state index in [2.05, 4.69) is 57.3 Å². The molecule has 0 aromatic heterocycles. The van der Waals surface area contributed by atoms with E-state index in [4.69, 9.17) is 0 Å². The van der Waals surface area contributed by atoms with Gasteiger partial charge in [0.2, 0.25) is 5.91 Å². The molecule has 2 aromatic carbocycles. The molecular formula is C23H32N4O. The van der Waals surface area contributed by atoms with E-state index in [0.29, 0.717) is 6.42 Å². The van der Waals surface area contributed by atoms with Crippen molar-refractivity contribution >= 4 is 23.0 Å². The highest BCUT2D eigenvalue weighted by Crippen LogP contribution is 2.27. The largest absolute Gasteiger partial charge is 0.378 e. The molecule has 1 aliphatic rings. The van der Waals surface area contributed by atoms with Crippen LogP contribution < -0.4 is 15.1 Å². The molecule has 1 fully saturated rings. The minimum atomic E-state index is 0.0660. The highest BCUT2D eigenvalue weighted by Gasteiger charge is 2.18. The average Bonchev–Trinajstić information content (AvgIpc) is 2.73. The van der Waals surface area contributed by atoms with E-state index in [1.807, 2.05) is 32.3 Å². The van der Waals surface area contributed by atoms with Crippen molar-refractivity contribution in [2.45, 2.75) is 19.8 Å². The third-order valence-corrected chi connectivity index (χ3v) is 5.43. The molecular weight excluding hydrogens is 348 g/mol. The van der Waals surface area contributed by atoms with Gasteiger partial charge in [-0.1, -0.05) is 31.2 Å². The van der Waals surface area contributed by atoms with E-state index < -0.39 is 0 Å². The molecule has 3 rings (SSSR count). The third-order valence-electron chi connectivity index (χ3n) is 5.43. The molecule has 0 aliphatic carbocycles. The van der Waals surface area contributed by atoms with Gasteiger partial charge < -0.3 is 20.0 Å². The van der Waals surface area contributed by atoms with E-state index in [1.54, 1.807) is 0 Å². The van der Waals surface area contributed by atoms with Gasteiger partial charge in [0, 0.05) is 52.4 Å². The second-order valence-electron chi connectivity index (χ2n) is 7.55. The second-order valence-corrected chi connectivity index (χ2v) is 7.55. The van der Waals surface area contributed by atoms with Crippen molar-refractivity contribution in [1.82, 2.24) is 4.90 Å². The van der Waals surface area contributed by atoms with Crippen LogP contribution in [0.15, 0.2) is 48.5 Å². The number of nitrogens with one attached hydrogen (secondary N) is 1. The second kappa shape index (κ2) is 9.60. The Balaban J connectivity index is 1.57. The summed E-state index contributed by atoms with van der Waals surface area (Å²) in [6, 6.07) is 16.5. The van der Waals surface area contributed by atoms with Crippen LogP contribution in [0, 0.1) is 0 Å². The number of anilines is 3. The topological polar surface area (TPSA) is 38.8 Å². The minimum absolute atomic E-state index is 0.0660. The molecule has 1 aliphatic heterocycles. The first kappa shape index (κ1) is 20.2. The summed E-state index contributed by atoms with van der Waals surface area (Å²) in [5.74, 6) is 0.0660. The number of piperazine rings is 1. The van der Waals surface area contributed by atoms with Gasteiger partial charge >= 0.3 is 0 Å². The van der Waals surface area contributed by atoms with Crippen LogP contribution in [0.5, 0.6) is 0 Å². The van der Waals surface area contributed by atoms with Crippen LogP contribution in [0.25, 0.3) is 0 Å². The van der Waals surface area contributed by atoms with Crippen molar-refractivity contribution in [3.63, 3.8) is 0 Å². The number of likely N-dealkylation sites (N-methyl/N-ethyl adjacent to an activating group) is 1. The Bertz CT molecular complexity index is 764. The van der Waals surface area contributed by atoms with Crippen LogP contribution in [-0.4, -0.2) is 57.6 Å². The van der Waals surface area contributed by atoms with E-state index in [9.17, 15) is 4.79 Å². The zero-order valence-electron chi connectivity index (χ0n) is 17.3. The summed E-state index contributed by atoms with van der Waals surface area (Å²) >= 11 is 0. The molecule has 1 saturated heterocycles. The predicted molar refractivity (Wildman–Crippen MR) is 118 cm³/mol. The number of benzene rings is 2. The van der Waals surface area contributed by atoms with Gasteiger partial charge in [0.15, 0.2) is 0 Å². The van der Waals surface area contributed by atoms with E-state index in [-0.39, 0.29) is 5.91 Å². The van der Waals surface area contributed by atoms with E-state index in [0.717, 1.165) is 50.5 Å². The van der Waals surface area contributed by atoms with Gasteiger partial charge in [0.05, 0.1) is 11.4 Å². The fourth-order valence-corrected chi connectivity index (χ4v) is 3.59. The number of para-hydroxylation sites is 2. The lowest BCUT2D eigenvalue weighted by Crippen LogP contribution is -2.46. The lowest BCUT2D eigenvalue weighted by molar-refractivity contribution is -0.116. The quantitative estimate of drug-likeness (QED) is 0.798. The van der Waals surface area contributed by atoms with E-state index >= 15 is 0 Å². The number of rotatable bonds is 7. The Kier molecular flexibility index (Phi) is 6.93. The molecule has 28 heavy (non-hydrogen) atoms. The van der Waals surface area contributed by atoms with E-state index in [1.165, 1.54) is 11.3 Å². The normalized spacial score (nSPS) is 14.8. The fraction of sp³-hybridized carbons (Fsp3) is 0.435. The molecule has 2 aromatic rings. The molecule has 1 N–H and O–H groups in total. The number of aryl methyl sites for hydroxylation is 1. The number of hydrogen-bond acceptors (Lipinski definition) is 4. The molecule has 0 atom stereocenters. The van der Waals surface area contributed by atoms with Crippen molar-refractivity contribution in [3.8, 4) is 0 Å². The molecule has 0 radical (unpaired) electrons. The van der Waals surface area contributed by atoms with Crippen molar-refractivity contribution in [2.24, 2.45) is 0 Å².